The zero-order chi connectivity index (χ0) is 16.3. The zero-order valence-corrected chi connectivity index (χ0v) is 11.3. The Morgan fingerprint density at radius 1 is 1.18 bits per heavy atom. The van der Waals surface area contributed by atoms with Gasteiger partial charge in [0.1, 0.15) is 0 Å². The van der Waals surface area contributed by atoms with Crippen molar-refractivity contribution in [3.8, 4) is 0 Å². The van der Waals surface area contributed by atoms with Crippen LogP contribution in [0.15, 0.2) is 36.5 Å². The number of anilines is 2. The largest absolute Gasteiger partial charge is 0.419 e. The van der Waals surface area contributed by atoms with Gasteiger partial charge in [-0.1, -0.05) is 6.07 Å². The van der Waals surface area contributed by atoms with E-state index < -0.39 is 29.3 Å². The first kappa shape index (κ1) is 15.7. The second-order valence-corrected chi connectivity index (χ2v) is 4.43. The lowest BCUT2D eigenvalue weighted by atomic mass is 10.2. The lowest BCUT2D eigenvalue weighted by Crippen LogP contribution is -2.21. The van der Waals surface area contributed by atoms with Gasteiger partial charge in [-0.3, -0.25) is 4.98 Å². The molecule has 2 amide bonds. The third kappa shape index (κ3) is 3.72. The van der Waals surface area contributed by atoms with Gasteiger partial charge in [0.05, 0.1) is 11.3 Å². The minimum atomic E-state index is -4.83. The van der Waals surface area contributed by atoms with Crippen LogP contribution >= 0.6 is 0 Å². The van der Waals surface area contributed by atoms with Crippen LogP contribution in [0.2, 0.25) is 0 Å². The Bertz CT molecular complexity index is 701. The molecule has 1 heterocycles. The molecule has 1 aromatic heterocycles. The lowest BCUT2D eigenvalue weighted by molar-refractivity contribution is -0.139. The standard InChI is InChI=1S/C14H11F4N3O/c1-8-7-9(5-6-19-8)20-13(22)21-11-4-2-3-10(12(11)15)14(16,17)18/h2-7H,1H3,(H2,19,20,21,22). The molecule has 22 heavy (non-hydrogen) atoms. The summed E-state index contributed by atoms with van der Waals surface area (Å²) in [7, 11) is 0. The number of alkyl halides is 3. The summed E-state index contributed by atoms with van der Waals surface area (Å²) in [5.41, 5.74) is -0.969. The summed E-state index contributed by atoms with van der Waals surface area (Å²) in [4.78, 5) is 15.6. The van der Waals surface area contributed by atoms with Gasteiger partial charge in [0.2, 0.25) is 0 Å². The highest BCUT2D eigenvalue weighted by molar-refractivity contribution is 5.99. The summed E-state index contributed by atoms with van der Waals surface area (Å²) in [6.07, 6.45) is -3.38. The number of pyridine rings is 1. The molecule has 0 unspecified atom stereocenters. The van der Waals surface area contributed by atoms with Crippen molar-refractivity contribution in [1.29, 1.82) is 0 Å². The van der Waals surface area contributed by atoms with Crippen LogP contribution in [0.4, 0.5) is 33.7 Å². The summed E-state index contributed by atoms with van der Waals surface area (Å²) in [6, 6.07) is 4.85. The summed E-state index contributed by atoms with van der Waals surface area (Å²) in [5, 5.41) is 4.42. The van der Waals surface area contributed by atoms with E-state index in [9.17, 15) is 22.4 Å². The van der Waals surface area contributed by atoms with Crippen molar-refractivity contribution in [2.45, 2.75) is 13.1 Å². The van der Waals surface area contributed by atoms with Gasteiger partial charge in [-0.25, -0.2) is 9.18 Å². The average Bonchev–Trinajstić information content (AvgIpc) is 2.39. The number of halogens is 4. The minimum absolute atomic E-state index is 0.386. The molecule has 0 radical (unpaired) electrons. The molecule has 2 aromatic rings. The Morgan fingerprint density at radius 2 is 1.91 bits per heavy atom. The van der Waals surface area contributed by atoms with E-state index in [1.807, 2.05) is 5.32 Å². The predicted molar refractivity (Wildman–Crippen MR) is 73.0 cm³/mol. The van der Waals surface area contributed by atoms with Crippen LogP contribution in [-0.2, 0) is 6.18 Å². The first-order valence-electron chi connectivity index (χ1n) is 6.14. The fourth-order valence-electron chi connectivity index (χ4n) is 1.76. The quantitative estimate of drug-likeness (QED) is 0.817. The molecule has 0 saturated carbocycles. The van der Waals surface area contributed by atoms with Crippen molar-refractivity contribution in [2.24, 2.45) is 0 Å². The number of carbonyl (C=O) groups is 1. The number of aryl methyl sites for hydroxylation is 1. The summed E-state index contributed by atoms with van der Waals surface area (Å²) in [6.45, 7) is 1.70. The topological polar surface area (TPSA) is 54.0 Å². The molecular weight excluding hydrogens is 302 g/mol. The maximum atomic E-state index is 13.8. The number of benzene rings is 1. The Balaban J connectivity index is 2.15. The highest BCUT2D eigenvalue weighted by Crippen LogP contribution is 2.33. The SMILES string of the molecule is Cc1cc(NC(=O)Nc2cccc(C(F)(F)F)c2F)ccn1. The summed E-state index contributed by atoms with van der Waals surface area (Å²) in [5.74, 6) is -1.53. The van der Waals surface area contributed by atoms with Crippen LogP contribution < -0.4 is 10.6 Å². The molecule has 1 aromatic carbocycles. The third-order valence-corrected chi connectivity index (χ3v) is 2.71. The third-order valence-electron chi connectivity index (χ3n) is 2.71. The minimum Gasteiger partial charge on any atom is -0.308 e. The lowest BCUT2D eigenvalue weighted by Gasteiger charge is -2.12. The molecule has 0 spiro atoms. The number of amides is 2. The van der Waals surface area contributed by atoms with Crippen LogP contribution in [0.1, 0.15) is 11.3 Å². The second-order valence-electron chi connectivity index (χ2n) is 4.43. The maximum Gasteiger partial charge on any atom is 0.419 e. The number of nitrogens with one attached hydrogen (secondary N) is 2. The van der Waals surface area contributed by atoms with Gasteiger partial charge in [0.25, 0.3) is 0 Å². The van der Waals surface area contributed by atoms with Crippen LogP contribution in [-0.4, -0.2) is 11.0 Å². The van der Waals surface area contributed by atoms with Crippen LogP contribution in [0, 0.1) is 12.7 Å². The number of rotatable bonds is 2. The summed E-state index contributed by atoms with van der Waals surface area (Å²) < 4.78 is 51.5. The van der Waals surface area contributed by atoms with Crippen molar-refractivity contribution < 1.29 is 22.4 Å². The first-order valence-corrected chi connectivity index (χ1v) is 6.14. The molecular formula is C14H11F4N3O. The van der Waals surface area contributed by atoms with Crippen LogP contribution in [0.25, 0.3) is 0 Å². The van der Waals surface area contributed by atoms with Gasteiger partial charge < -0.3 is 10.6 Å². The van der Waals surface area contributed by atoms with Gasteiger partial charge in [-0.2, -0.15) is 13.2 Å². The predicted octanol–water partition coefficient (Wildman–Crippen LogP) is 4.19. The molecule has 0 atom stereocenters. The molecule has 0 bridgehead atoms. The van der Waals surface area contributed by atoms with E-state index in [-0.39, 0.29) is 0 Å². The van der Waals surface area contributed by atoms with Crippen molar-refractivity contribution in [3.63, 3.8) is 0 Å². The van der Waals surface area contributed by atoms with E-state index in [1.54, 1.807) is 13.0 Å². The van der Waals surface area contributed by atoms with E-state index in [2.05, 4.69) is 10.3 Å². The Hall–Kier alpha value is -2.64. The molecule has 2 rings (SSSR count). The Morgan fingerprint density at radius 3 is 2.55 bits per heavy atom. The van der Waals surface area contributed by atoms with Crippen molar-refractivity contribution in [3.05, 3.63) is 53.6 Å². The fourth-order valence-corrected chi connectivity index (χ4v) is 1.76. The second kappa shape index (κ2) is 6.00. The Kier molecular flexibility index (Phi) is 4.30. The van der Waals surface area contributed by atoms with Crippen molar-refractivity contribution >= 4 is 17.4 Å². The smallest absolute Gasteiger partial charge is 0.308 e. The molecule has 0 aliphatic rings. The highest BCUT2D eigenvalue weighted by atomic mass is 19.4. The normalized spacial score (nSPS) is 11.1. The molecule has 116 valence electrons. The van der Waals surface area contributed by atoms with E-state index in [0.717, 1.165) is 12.1 Å². The molecule has 8 heteroatoms. The zero-order valence-electron chi connectivity index (χ0n) is 11.3. The number of aromatic nitrogens is 1. The summed E-state index contributed by atoms with van der Waals surface area (Å²) >= 11 is 0. The average molecular weight is 313 g/mol. The van der Waals surface area contributed by atoms with Gasteiger partial charge in [0.15, 0.2) is 5.82 Å². The number of urea groups is 1. The van der Waals surface area contributed by atoms with Gasteiger partial charge in [-0.05, 0) is 31.2 Å². The van der Waals surface area contributed by atoms with Gasteiger partial charge >= 0.3 is 12.2 Å². The number of hydrogen-bond acceptors (Lipinski definition) is 2. The number of carbonyl (C=O) groups excluding carboxylic acids is 1. The number of hydrogen-bond donors (Lipinski definition) is 2. The van der Waals surface area contributed by atoms with E-state index in [0.29, 0.717) is 17.4 Å². The van der Waals surface area contributed by atoms with Crippen LogP contribution in [0.3, 0.4) is 0 Å². The molecule has 2 N–H and O–H groups in total. The molecule has 0 fully saturated rings. The number of nitrogens with zero attached hydrogens (tertiary/aromatic N) is 1. The maximum absolute atomic E-state index is 13.8. The monoisotopic (exact) mass is 313 g/mol. The van der Waals surface area contributed by atoms with E-state index >= 15 is 0 Å². The highest BCUT2D eigenvalue weighted by Gasteiger charge is 2.35. The molecule has 0 aliphatic heterocycles. The molecule has 0 saturated heterocycles. The van der Waals surface area contributed by atoms with Crippen molar-refractivity contribution in [1.82, 2.24) is 4.98 Å². The Labute approximate surface area is 123 Å². The molecule has 4 nitrogen and oxygen atoms in total. The molecule has 0 aliphatic carbocycles. The first-order chi connectivity index (χ1) is 10.3. The fraction of sp³-hybridized carbons (Fsp3) is 0.143. The van der Waals surface area contributed by atoms with E-state index in [4.69, 9.17) is 0 Å². The van der Waals surface area contributed by atoms with E-state index in [1.165, 1.54) is 12.3 Å². The van der Waals surface area contributed by atoms with Gasteiger partial charge in [-0.15, -0.1) is 0 Å². The van der Waals surface area contributed by atoms with Gasteiger partial charge in [0, 0.05) is 17.6 Å². The van der Waals surface area contributed by atoms with Crippen molar-refractivity contribution in [2.75, 3.05) is 10.6 Å². The van der Waals surface area contributed by atoms with Crippen LogP contribution in [0.5, 0.6) is 0 Å².